The van der Waals surface area contributed by atoms with Crippen LogP contribution in [0.25, 0.3) is 0 Å². The molecule has 0 spiro atoms. The Hall–Kier alpha value is -2.19. The van der Waals surface area contributed by atoms with Crippen molar-refractivity contribution >= 4 is 40.5 Å². The number of carbonyl (C=O) groups excluding carboxylic acids is 3. The normalized spacial score (nSPS) is 16.0. The summed E-state index contributed by atoms with van der Waals surface area (Å²) in [5.74, 6) is -0.929. The van der Waals surface area contributed by atoms with E-state index in [1.165, 1.54) is 11.3 Å². The second-order valence-electron chi connectivity index (χ2n) is 6.42. The highest BCUT2D eigenvalue weighted by atomic mass is 32.1. The number of ether oxygens (including phenoxy) is 1. The molecule has 1 aliphatic rings. The number of nitrogens with zero attached hydrogens (tertiary/aromatic N) is 1. The number of nitrogens with one attached hydrogen (secondary N) is 1. The van der Waals surface area contributed by atoms with Gasteiger partial charge in [-0.05, 0) is 42.7 Å². The molecule has 1 N–H and O–H groups in total. The smallest absolute Gasteiger partial charge is 0.309 e. The van der Waals surface area contributed by atoms with E-state index in [0.29, 0.717) is 37.4 Å². The third-order valence-electron chi connectivity index (χ3n) is 4.53. The maximum Gasteiger partial charge on any atom is 0.309 e. The lowest BCUT2D eigenvalue weighted by molar-refractivity contribution is -0.160. The van der Waals surface area contributed by atoms with Gasteiger partial charge in [-0.3, -0.25) is 14.4 Å². The van der Waals surface area contributed by atoms with Gasteiger partial charge in [0.1, 0.15) is 0 Å². The van der Waals surface area contributed by atoms with Gasteiger partial charge in [-0.15, -0.1) is 22.7 Å². The monoisotopic (exact) mass is 406 g/mol. The molecule has 2 aromatic rings. The van der Waals surface area contributed by atoms with Gasteiger partial charge in [0.15, 0.2) is 6.10 Å². The molecular formula is C19H22N2O4S2. The van der Waals surface area contributed by atoms with Crippen molar-refractivity contribution in [1.29, 1.82) is 0 Å². The molecule has 27 heavy (non-hydrogen) atoms. The highest BCUT2D eigenvalue weighted by molar-refractivity contribution is 7.12. The molecule has 2 amide bonds. The quantitative estimate of drug-likeness (QED) is 0.749. The van der Waals surface area contributed by atoms with Gasteiger partial charge < -0.3 is 15.0 Å². The van der Waals surface area contributed by atoms with Crippen LogP contribution in [0.3, 0.4) is 0 Å². The van der Waals surface area contributed by atoms with E-state index < -0.39 is 6.10 Å². The fourth-order valence-electron chi connectivity index (χ4n) is 2.93. The van der Waals surface area contributed by atoms with E-state index in [1.807, 2.05) is 35.0 Å². The van der Waals surface area contributed by atoms with E-state index in [9.17, 15) is 14.4 Å². The summed E-state index contributed by atoms with van der Waals surface area (Å²) >= 11 is 2.98. The van der Waals surface area contributed by atoms with Crippen LogP contribution in [0.2, 0.25) is 0 Å². The largest absolute Gasteiger partial charge is 0.452 e. The molecule has 0 unspecified atom stereocenters. The summed E-state index contributed by atoms with van der Waals surface area (Å²) in [7, 11) is 0. The summed E-state index contributed by atoms with van der Waals surface area (Å²) in [6.45, 7) is 3.06. The van der Waals surface area contributed by atoms with Gasteiger partial charge in [0, 0.05) is 18.0 Å². The zero-order chi connectivity index (χ0) is 19.2. The highest BCUT2D eigenvalue weighted by Crippen LogP contribution is 2.22. The van der Waals surface area contributed by atoms with Crippen LogP contribution >= 0.6 is 22.7 Å². The number of piperidine rings is 1. The SMILES string of the molecule is C[C@H](OC(=O)C1CCN(C(=O)c2cccs2)CC1)C(=O)NCc1cccs1. The van der Waals surface area contributed by atoms with Gasteiger partial charge in [-0.1, -0.05) is 12.1 Å². The maximum absolute atomic E-state index is 12.3. The van der Waals surface area contributed by atoms with Crippen LogP contribution in [0.1, 0.15) is 34.3 Å². The van der Waals surface area contributed by atoms with Crippen LogP contribution < -0.4 is 5.32 Å². The molecular weight excluding hydrogens is 384 g/mol. The summed E-state index contributed by atoms with van der Waals surface area (Å²) in [4.78, 5) is 40.3. The van der Waals surface area contributed by atoms with E-state index in [0.717, 1.165) is 4.88 Å². The van der Waals surface area contributed by atoms with Crippen LogP contribution in [0.15, 0.2) is 35.0 Å². The average Bonchev–Trinajstić information content (AvgIpc) is 3.39. The Morgan fingerprint density at radius 3 is 2.52 bits per heavy atom. The number of carbonyl (C=O) groups is 3. The summed E-state index contributed by atoms with van der Waals surface area (Å²) in [6.07, 6.45) is 0.280. The first-order valence-electron chi connectivity index (χ1n) is 8.88. The van der Waals surface area contributed by atoms with E-state index in [2.05, 4.69) is 5.32 Å². The van der Waals surface area contributed by atoms with Crippen molar-refractivity contribution in [1.82, 2.24) is 10.2 Å². The first-order valence-corrected chi connectivity index (χ1v) is 10.6. The Balaban J connectivity index is 1.42. The van der Waals surface area contributed by atoms with Crippen molar-refractivity contribution in [3.05, 3.63) is 44.8 Å². The number of esters is 1. The predicted molar refractivity (Wildman–Crippen MR) is 105 cm³/mol. The molecule has 0 aliphatic carbocycles. The summed E-state index contributed by atoms with van der Waals surface area (Å²) in [5, 5.41) is 6.60. The lowest BCUT2D eigenvalue weighted by Gasteiger charge is -2.31. The Kier molecular flexibility index (Phi) is 6.63. The van der Waals surface area contributed by atoms with E-state index >= 15 is 0 Å². The van der Waals surface area contributed by atoms with E-state index in [-0.39, 0.29) is 23.7 Å². The van der Waals surface area contributed by atoms with Crippen LogP contribution in [-0.4, -0.2) is 41.9 Å². The van der Waals surface area contributed by atoms with Gasteiger partial charge in [-0.2, -0.15) is 0 Å². The molecule has 0 aromatic carbocycles. The lowest BCUT2D eigenvalue weighted by atomic mass is 9.97. The molecule has 1 saturated heterocycles. The number of hydrogen-bond acceptors (Lipinski definition) is 6. The molecule has 3 heterocycles. The lowest BCUT2D eigenvalue weighted by Crippen LogP contribution is -2.42. The molecule has 8 heteroatoms. The number of thiophene rings is 2. The summed E-state index contributed by atoms with van der Waals surface area (Å²) < 4.78 is 5.34. The van der Waals surface area contributed by atoms with Crippen molar-refractivity contribution in [2.75, 3.05) is 13.1 Å². The standard InChI is InChI=1S/C19H22N2O4S2/c1-13(17(22)20-12-15-4-2-10-26-15)25-19(24)14-6-8-21(9-7-14)18(23)16-5-3-11-27-16/h2-5,10-11,13-14H,6-9,12H2,1H3,(H,20,22)/t13-/m0/s1. The molecule has 0 bridgehead atoms. The van der Waals surface area contributed by atoms with Gasteiger partial charge in [0.2, 0.25) is 0 Å². The third kappa shape index (κ3) is 5.17. The van der Waals surface area contributed by atoms with Gasteiger partial charge in [-0.25, -0.2) is 0 Å². The fraction of sp³-hybridized carbons (Fsp3) is 0.421. The topological polar surface area (TPSA) is 75.7 Å². The van der Waals surface area contributed by atoms with Crippen molar-refractivity contribution in [3.8, 4) is 0 Å². The maximum atomic E-state index is 12.3. The molecule has 2 aromatic heterocycles. The number of rotatable bonds is 6. The zero-order valence-corrected chi connectivity index (χ0v) is 16.7. The van der Waals surface area contributed by atoms with Crippen LogP contribution in [0, 0.1) is 5.92 Å². The van der Waals surface area contributed by atoms with Crippen molar-refractivity contribution in [2.45, 2.75) is 32.4 Å². The van der Waals surface area contributed by atoms with Gasteiger partial charge >= 0.3 is 5.97 Å². The highest BCUT2D eigenvalue weighted by Gasteiger charge is 2.30. The van der Waals surface area contributed by atoms with E-state index in [1.54, 1.807) is 23.2 Å². The Morgan fingerprint density at radius 2 is 1.89 bits per heavy atom. The second kappa shape index (κ2) is 9.14. The minimum atomic E-state index is -0.830. The first-order chi connectivity index (χ1) is 13.0. The molecule has 3 rings (SSSR count). The average molecular weight is 407 g/mol. The number of hydrogen-bond donors (Lipinski definition) is 1. The van der Waals surface area contributed by atoms with E-state index in [4.69, 9.17) is 4.74 Å². The Bertz CT molecular complexity index is 766. The van der Waals surface area contributed by atoms with Crippen molar-refractivity contribution in [2.24, 2.45) is 5.92 Å². The number of likely N-dealkylation sites (tertiary alicyclic amines) is 1. The Morgan fingerprint density at radius 1 is 1.19 bits per heavy atom. The third-order valence-corrected chi connectivity index (χ3v) is 6.26. The molecule has 6 nitrogen and oxygen atoms in total. The fourth-order valence-corrected chi connectivity index (χ4v) is 4.26. The van der Waals surface area contributed by atoms with Crippen LogP contribution in [0.4, 0.5) is 0 Å². The van der Waals surface area contributed by atoms with Crippen molar-refractivity contribution < 1.29 is 19.1 Å². The zero-order valence-electron chi connectivity index (χ0n) is 15.1. The molecule has 0 radical (unpaired) electrons. The molecule has 1 atom stereocenters. The molecule has 1 aliphatic heterocycles. The van der Waals surface area contributed by atoms with Crippen molar-refractivity contribution in [3.63, 3.8) is 0 Å². The summed E-state index contributed by atoms with van der Waals surface area (Å²) in [5.41, 5.74) is 0. The second-order valence-corrected chi connectivity index (χ2v) is 8.40. The van der Waals surface area contributed by atoms with Crippen LogP contribution in [-0.2, 0) is 20.9 Å². The minimum absolute atomic E-state index is 0.0122. The number of amides is 2. The summed E-state index contributed by atoms with van der Waals surface area (Å²) in [6, 6.07) is 7.52. The minimum Gasteiger partial charge on any atom is -0.452 e. The molecule has 1 fully saturated rings. The van der Waals surface area contributed by atoms with Crippen LogP contribution in [0.5, 0.6) is 0 Å². The van der Waals surface area contributed by atoms with Gasteiger partial charge in [0.05, 0.1) is 17.3 Å². The Labute approximate surface area is 166 Å². The molecule has 144 valence electrons. The first kappa shape index (κ1) is 19.6. The predicted octanol–water partition coefficient (Wildman–Crippen LogP) is 2.91. The van der Waals surface area contributed by atoms with Gasteiger partial charge in [0.25, 0.3) is 11.8 Å². The molecule has 0 saturated carbocycles.